The van der Waals surface area contributed by atoms with Gasteiger partial charge in [0.25, 0.3) is 0 Å². The molecule has 0 bridgehead atoms. The van der Waals surface area contributed by atoms with Crippen LogP contribution in [0.15, 0.2) is 24.3 Å². The highest BCUT2D eigenvalue weighted by Gasteiger charge is 2.30. The van der Waals surface area contributed by atoms with Crippen molar-refractivity contribution in [2.75, 3.05) is 39.6 Å². The number of phosphoric acid groups is 2. The molecule has 0 saturated carbocycles. The van der Waals surface area contributed by atoms with Gasteiger partial charge in [-0.25, -0.2) is 9.13 Å². The number of rotatable bonds is 74. The van der Waals surface area contributed by atoms with Crippen LogP contribution in [0.4, 0.5) is 0 Å². The molecular weight excluding hydrogens is 1250 g/mol. The first-order valence-corrected chi connectivity index (χ1v) is 42.0. The van der Waals surface area contributed by atoms with Crippen LogP contribution in [-0.4, -0.2) is 96.7 Å². The van der Waals surface area contributed by atoms with Crippen molar-refractivity contribution < 1.29 is 80.2 Å². The minimum Gasteiger partial charge on any atom is -0.462 e. The third-order valence-electron chi connectivity index (χ3n) is 17.5. The number of hydrogen-bond acceptors (Lipinski definition) is 15. The van der Waals surface area contributed by atoms with Crippen LogP contribution < -0.4 is 0 Å². The van der Waals surface area contributed by atoms with Crippen molar-refractivity contribution in [3.63, 3.8) is 0 Å². The van der Waals surface area contributed by atoms with Crippen LogP contribution in [0.3, 0.4) is 0 Å². The zero-order valence-corrected chi connectivity index (χ0v) is 63.1. The van der Waals surface area contributed by atoms with Crippen molar-refractivity contribution in [2.24, 2.45) is 5.92 Å². The molecule has 0 amide bonds. The van der Waals surface area contributed by atoms with E-state index in [1.54, 1.807) is 0 Å². The molecule has 0 radical (unpaired) electrons. The maximum absolute atomic E-state index is 13.1. The molecular formula is C76H144O17P2. The number of unbranched alkanes of at least 4 members (excludes halogenated alkanes) is 42. The number of hydrogen-bond donors (Lipinski definition) is 3. The summed E-state index contributed by atoms with van der Waals surface area (Å²) in [6.45, 7) is 7.22. The fourth-order valence-corrected chi connectivity index (χ4v) is 12.7. The van der Waals surface area contributed by atoms with E-state index >= 15 is 0 Å². The number of aliphatic hydroxyl groups excluding tert-OH is 1. The maximum Gasteiger partial charge on any atom is 0.472 e. The van der Waals surface area contributed by atoms with Crippen molar-refractivity contribution in [2.45, 2.75) is 393 Å². The first-order valence-electron chi connectivity index (χ1n) is 39.0. The summed E-state index contributed by atoms with van der Waals surface area (Å²) in [4.78, 5) is 72.7. The number of ether oxygens (including phenoxy) is 4. The van der Waals surface area contributed by atoms with E-state index < -0.39 is 97.5 Å². The van der Waals surface area contributed by atoms with Crippen molar-refractivity contribution in [1.29, 1.82) is 0 Å². The molecule has 560 valence electrons. The molecule has 0 saturated heterocycles. The largest absolute Gasteiger partial charge is 0.472 e. The molecule has 6 atom stereocenters. The van der Waals surface area contributed by atoms with Crippen molar-refractivity contribution >= 4 is 39.5 Å². The number of carbonyl (C=O) groups is 4. The van der Waals surface area contributed by atoms with Gasteiger partial charge < -0.3 is 33.8 Å². The van der Waals surface area contributed by atoms with Crippen LogP contribution in [0.25, 0.3) is 0 Å². The Kier molecular flexibility index (Phi) is 66.9. The van der Waals surface area contributed by atoms with Gasteiger partial charge in [-0.1, -0.05) is 322 Å². The van der Waals surface area contributed by atoms with Gasteiger partial charge in [0.15, 0.2) is 12.2 Å². The minimum absolute atomic E-state index is 0.102. The van der Waals surface area contributed by atoms with Crippen LogP contribution in [0.2, 0.25) is 0 Å². The molecule has 0 aliphatic rings. The number of phosphoric ester groups is 2. The lowest BCUT2D eigenvalue weighted by molar-refractivity contribution is -0.161. The number of esters is 4. The van der Waals surface area contributed by atoms with E-state index in [4.69, 9.17) is 37.0 Å². The van der Waals surface area contributed by atoms with E-state index in [0.29, 0.717) is 25.7 Å². The Balaban J connectivity index is 5.25. The normalized spacial score (nSPS) is 14.4. The summed E-state index contributed by atoms with van der Waals surface area (Å²) < 4.78 is 68.4. The van der Waals surface area contributed by atoms with E-state index in [-0.39, 0.29) is 25.7 Å². The van der Waals surface area contributed by atoms with Crippen LogP contribution in [0.1, 0.15) is 375 Å². The fraction of sp³-hybridized carbons (Fsp3) is 0.895. The van der Waals surface area contributed by atoms with Gasteiger partial charge in [0.05, 0.1) is 26.4 Å². The Labute approximate surface area is 580 Å². The molecule has 0 aromatic carbocycles. The first-order chi connectivity index (χ1) is 46.1. The third kappa shape index (κ3) is 68.5. The molecule has 0 aliphatic heterocycles. The van der Waals surface area contributed by atoms with Gasteiger partial charge in [0, 0.05) is 25.7 Å². The summed E-state index contributed by atoms with van der Waals surface area (Å²) in [6.07, 6.45) is 60.4. The average molecular weight is 1390 g/mol. The zero-order chi connectivity index (χ0) is 69.8. The highest BCUT2D eigenvalue weighted by atomic mass is 31.2. The zero-order valence-electron chi connectivity index (χ0n) is 61.3. The second-order valence-corrected chi connectivity index (χ2v) is 29.9. The molecule has 0 aromatic rings. The summed E-state index contributed by atoms with van der Waals surface area (Å²) in [6, 6.07) is 0. The molecule has 0 aliphatic carbocycles. The smallest absolute Gasteiger partial charge is 0.462 e. The summed E-state index contributed by atoms with van der Waals surface area (Å²) in [5.41, 5.74) is 0. The quantitative estimate of drug-likeness (QED) is 0.0169. The van der Waals surface area contributed by atoms with Crippen molar-refractivity contribution in [3.05, 3.63) is 24.3 Å². The molecule has 19 heteroatoms. The number of carbonyl (C=O) groups excluding carboxylic acids is 4. The monoisotopic (exact) mass is 1390 g/mol. The second kappa shape index (κ2) is 68.7. The number of aliphatic hydroxyl groups is 1. The van der Waals surface area contributed by atoms with Gasteiger partial charge in [-0.3, -0.25) is 37.3 Å². The van der Waals surface area contributed by atoms with Gasteiger partial charge in [-0.05, 0) is 57.3 Å². The molecule has 0 heterocycles. The van der Waals surface area contributed by atoms with Crippen molar-refractivity contribution in [3.8, 4) is 0 Å². The molecule has 95 heavy (non-hydrogen) atoms. The highest BCUT2D eigenvalue weighted by molar-refractivity contribution is 7.47. The maximum atomic E-state index is 13.1. The third-order valence-corrected chi connectivity index (χ3v) is 19.4. The Hall–Kier alpha value is -2.46. The molecule has 0 rings (SSSR count). The van der Waals surface area contributed by atoms with Crippen LogP contribution in [0, 0.1) is 5.92 Å². The van der Waals surface area contributed by atoms with Gasteiger partial charge in [-0.2, -0.15) is 0 Å². The summed E-state index contributed by atoms with van der Waals surface area (Å²) in [5.74, 6) is -1.35. The summed E-state index contributed by atoms with van der Waals surface area (Å²) in [7, 11) is -9.92. The van der Waals surface area contributed by atoms with Crippen LogP contribution >= 0.6 is 15.6 Å². The first kappa shape index (κ1) is 92.5. The molecule has 3 N–H and O–H groups in total. The van der Waals surface area contributed by atoms with Gasteiger partial charge in [0.2, 0.25) is 0 Å². The molecule has 0 spiro atoms. The SMILES string of the molecule is CCCCCC/C=C\C=C/CCCCCCCC(=O)OC[C@H](COP(=O)(O)OC[C@@H](O)COP(=O)(O)OC[C@@H](COC(=O)CCCCCCCCCC)OC(=O)CCCCCCCCCCCCC(C)CC)OC(=O)CCCCCCCCCCCCCCCCCCCC. The van der Waals surface area contributed by atoms with E-state index in [0.717, 1.165) is 121 Å². The van der Waals surface area contributed by atoms with E-state index in [1.807, 2.05) is 0 Å². The van der Waals surface area contributed by atoms with Crippen LogP contribution in [-0.2, 0) is 65.4 Å². The number of allylic oxidation sites excluding steroid dienone is 4. The Bertz CT molecular complexity index is 1920. The van der Waals surface area contributed by atoms with E-state index in [1.165, 1.54) is 173 Å². The van der Waals surface area contributed by atoms with Gasteiger partial charge in [0.1, 0.15) is 19.3 Å². The highest BCUT2D eigenvalue weighted by Crippen LogP contribution is 2.45. The topological polar surface area (TPSA) is 237 Å². The Morgan fingerprint density at radius 1 is 0.337 bits per heavy atom. The van der Waals surface area contributed by atoms with E-state index in [2.05, 4.69) is 58.9 Å². The second-order valence-electron chi connectivity index (χ2n) is 26.9. The predicted molar refractivity (Wildman–Crippen MR) is 386 cm³/mol. The van der Waals surface area contributed by atoms with E-state index in [9.17, 15) is 43.2 Å². The van der Waals surface area contributed by atoms with Crippen LogP contribution in [0.5, 0.6) is 0 Å². The van der Waals surface area contributed by atoms with Gasteiger partial charge in [-0.15, -0.1) is 0 Å². The molecule has 0 fully saturated rings. The minimum atomic E-state index is -4.96. The van der Waals surface area contributed by atoms with Gasteiger partial charge >= 0.3 is 39.5 Å². The standard InChI is InChI=1S/C76H144O17P2/c1-6-10-13-16-19-22-24-26-28-29-30-32-34-36-41-46-51-56-61-75(80)93-72(66-87-74(79)60-55-50-45-40-35-33-31-27-25-23-20-17-14-11-7-2)68-91-95(84,85)89-64-70(77)63-88-94(82,83)90-67-71(65-86-73(78)59-54-49-44-21-18-15-12-8-3)92-76(81)62-57-52-47-42-38-37-39-43-48-53-58-69(5)9-4/h23,25,27,31,69-72,77H,6-22,24,26,28-30,32-68H2,1-5H3,(H,82,83)(H,84,85)/b25-23-,31-27-/t69?,70-,71+,72+/m0/s1. The molecule has 0 aromatic heterocycles. The average Bonchev–Trinajstić information content (AvgIpc) is 2.26. The van der Waals surface area contributed by atoms with Crippen molar-refractivity contribution in [1.82, 2.24) is 0 Å². The summed E-state index contributed by atoms with van der Waals surface area (Å²) in [5, 5.41) is 10.6. The lowest BCUT2D eigenvalue weighted by Gasteiger charge is -2.21. The fourth-order valence-electron chi connectivity index (χ4n) is 11.1. The predicted octanol–water partition coefficient (Wildman–Crippen LogP) is 22.0. The molecule has 17 nitrogen and oxygen atoms in total. The lowest BCUT2D eigenvalue weighted by Crippen LogP contribution is -2.30. The lowest BCUT2D eigenvalue weighted by atomic mass is 9.99. The summed E-state index contributed by atoms with van der Waals surface area (Å²) >= 11 is 0. The molecule has 3 unspecified atom stereocenters. The Morgan fingerprint density at radius 2 is 0.589 bits per heavy atom. The Morgan fingerprint density at radius 3 is 0.895 bits per heavy atom.